The van der Waals surface area contributed by atoms with Crippen LogP contribution in [0.2, 0.25) is 0 Å². The van der Waals surface area contributed by atoms with Crippen molar-refractivity contribution < 1.29 is 9.90 Å². The highest BCUT2D eigenvalue weighted by molar-refractivity contribution is 5.96. The van der Waals surface area contributed by atoms with Crippen LogP contribution in [0.3, 0.4) is 0 Å². The van der Waals surface area contributed by atoms with Gasteiger partial charge >= 0.3 is 0 Å². The number of aliphatic hydroxyl groups is 1. The molecule has 0 bridgehead atoms. The van der Waals surface area contributed by atoms with Crippen LogP contribution in [0, 0.1) is 19.8 Å². The smallest absolute Gasteiger partial charge is 0.225 e. The predicted molar refractivity (Wildman–Crippen MR) is 122 cm³/mol. The number of fused-ring (bicyclic) bond motifs is 1. The Morgan fingerprint density at radius 2 is 1.90 bits per heavy atom. The van der Waals surface area contributed by atoms with Crippen molar-refractivity contribution in [3.63, 3.8) is 0 Å². The fraction of sp³-hybridized carbons (Fsp3) is 0.458. The lowest BCUT2D eigenvalue weighted by Gasteiger charge is -2.32. The molecule has 1 aromatic carbocycles. The first kappa shape index (κ1) is 21.5. The van der Waals surface area contributed by atoms with Crippen LogP contribution in [0.5, 0.6) is 0 Å². The van der Waals surface area contributed by atoms with E-state index in [2.05, 4.69) is 63.8 Å². The third-order valence-electron chi connectivity index (χ3n) is 6.51. The Morgan fingerprint density at radius 3 is 2.58 bits per heavy atom. The highest BCUT2D eigenvalue weighted by Crippen LogP contribution is 2.26. The zero-order valence-electron chi connectivity index (χ0n) is 18.6. The molecule has 164 valence electrons. The molecule has 3 aromatic rings. The Bertz CT molecular complexity index is 1070. The van der Waals surface area contributed by atoms with Crippen molar-refractivity contribution in [2.24, 2.45) is 13.0 Å². The quantitative estimate of drug-likeness (QED) is 0.571. The van der Waals surface area contributed by atoms with Crippen molar-refractivity contribution in [3.8, 4) is 0 Å². The van der Waals surface area contributed by atoms with E-state index in [1.807, 2.05) is 0 Å². The van der Waals surface area contributed by atoms with Crippen LogP contribution in [0.15, 0.2) is 30.6 Å². The molecular formula is C24H31N5O2. The number of carbonyl (C=O) groups excluding carboxylic acids is 1. The van der Waals surface area contributed by atoms with Gasteiger partial charge in [-0.3, -0.25) is 4.79 Å². The molecule has 2 N–H and O–H groups in total. The summed E-state index contributed by atoms with van der Waals surface area (Å²) in [6.07, 6.45) is 5.17. The minimum Gasteiger partial charge on any atom is -0.388 e. The van der Waals surface area contributed by atoms with Crippen LogP contribution in [-0.4, -0.2) is 51.7 Å². The molecule has 0 spiro atoms. The van der Waals surface area contributed by atoms with Gasteiger partial charge in [0.25, 0.3) is 0 Å². The summed E-state index contributed by atoms with van der Waals surface area (Å²) in [7, 11) is 2.14. The van der Waals surface area contributed by atoms with Crippen LogP contribution in [-0.2, 0) is 13.6 Å². The second-order valence-electron chi connectivity index (χ2n) is 8.56. The number of ketones is 1. The Balaban J connectivity index is 1.30. The van der Waals surface area contributed by atoms with Crippen molar-refractivity contribution in [2.75, 3.05) is 31.1 Å². The summed E-state index contributed by atoms with van der Waals surface area (Å²) in [5.41, 5.74) is 5.65. The Labute approximate surface area is 183 Å². The standard InChI is InChI=1S/C24H31N5O2/c1-16-4-5-22-20(10-16)21(17(2)28(22)3)14-25-11-18-6-8-29(9-7-18)24-26-12-19(13-27-24)23(31)15-30/h4-5,10,12-13,18,25,30H,6-9,11,14-15H2,1-3H3. The Kier molecular flexibility index (Phi) is 6.34. The van der Waals surface area contributed by atoms with Crippen molar-refractivity contribution in [1.82, 2.24) is 19.9 Å². The number of anilines is 1. The van der Waals surface area contributed by atoms with Gasteiger partial charge in [-0.05, 0) is 56.8 Å². The lowest BCUT2D eigenvalue weighted by Crippen LogP contribution is -2.38. The summed E-state index contributed by atoms with van der Waals surface area (Å²) in [6, 6.07) is 6.68. The summed E-state index contributed by atoms with van der Waals surface area (Å²) in [6.45, 7) is 7.53. The largest absolute Gasteiger partial charge is 0.388 e. The molecule has 4 rings (SSSR count). The molecule has 1 fully saturated rings. The Hall–Kier alpha value is -2.77. The van der Waals surface area contributed by atoms with E-state index in [-0.39, 0.29) is 5.78 Å². The van der Waals surface area contributed by atoms with Gasteiger partial charge in [0.2, 0.25) is 5.95 Å². The number of rotatable bonds is 7. The van der Waals surface area contributed by atoms with E-state index in [1.165, 1.54) is 40.1 Å². The minimum absolute atomic E-state index is 0.351. The highest BCUT2D eigenvalue weighted by Gasteiger charge is 2.21. The predicted octanol–water partition coefficient (Wildman–Crippen LogP) is 2.77. The molecule has 0 saturated carbocycles. The van der Waals surface area contributed by atoms with E-state index in [4.69, 9.17) is 5.11 Å². The topological polar surface area (TPSA) is 83.3 Å². The maximum atomic E-state index is 11.5. The van der Waals surface area contributed by atoms with Gasteiger partial charge in [0, 0.05) is 55.7 Å². The van der Waals surface area contributed by atoms with Crippen LogP contribution in [0.25, 0.3) is 10.9 Å². The molecular weight excluding hydrogens is 390 g/mol. The number of hydrogen-bond donors (Lipinski definition) is 2. The molecule has 2 aromatic heterocycles. The lowest BCUT2D eigenvalue weighted by molar-refractivity contribution is 0.0903. The van der Waals surface area contributed by atoms with Crippen LogP contribution < -0.4 is 10.2 Å². The van der Waals surface area contributed by atoms with Crippen LogP contribution >= 0.6 is 0 Å². The molecule has 1 aliphatic rings. The van der Waals surface area contributed by atoms with E-state index in [9.17, 15) is 4.79 Å². The van der Waals surface area contributed by atoms with E-state index in [1.54, 1.807) is 0 Å². The number of carbonyl (C=O) groups is 1. The molecule has 7 heteroatoms. The van der Waals surface area contributed by atoms with Crippen LogP contribution in [0.1, 0.15) is 40.0 Å². The zero-order chi connectivity index (χ0) is 22.0. The van der Waals surface area contributed by atoms with Crippen molar-refractivity contribution in [2.45, 2.75) is 33.2 Å². The van der Waals surface area contributed by atoms with Gasteiger partial charge in [0.05, 0.1) is 5.56 Å². The van der Waals surface area contributed by atoms with Gasteiger partial charge in [-0.25, -0.2) is 9.97 Å². The summed E-state index contributed by atoms with van der Waals surface area (Å²) >= 11 is 0. The molecule has 0 amide bonds. The number of piperidine rings is 1. The normalized spacial score (nSPS) is 15.0. The van der Waals surface area contributed by atoms with Gasteiger partial charge in [0.1, 0.15) is 6.61 Å². The molecule has 3 heterocycles. The lowest BCUT2D eigenvalue weighted by atomic mass is 9.97. The van der Waals surface area contributed by atoms with Gasteiger partial charge < -0.3 is 19.9 Å². The third kappa shape index (κ3) is 4.48. The van der Waals surface area contributed by atoms with Crippen molar-refractivity contribution >= 4 is 22.6 Å². The molecule has 0 aliphatic carbocycles. The van der Waals surface area contributed by atoms with E-state index in [0.29, 0.717) is 17.4 Å². The Morgan fingerprint density at radius 1 is 1.19 bits per heavy atom. The van der Waals surface area contributed by atoms with Gasteiger partial charge in [-0.15, -0.1) is 0 Å². The summed E-state index contributed by atoms with van der Waals surface area (Å²) in [5, 5.41) is 14.0. The molecule has 31 heavy (non-hydrogen) atoms. The summed E-state index contributed by atoms with van der Waals surface area (Å²) in [5.74, 6) is 0.930. The molecule has 0 atom stereocenters. The number of nitrogens with one attached hydrogen (secondary N) is 1. The average Bonchev–Trinajstić information content (AvgIpc) is 3.03. The van der Waals surface area contributed by atoms with Gasteiger partial charge in [-0.1, -0.05) is 11.6 Å². The SMILES string of the molecule is Cc1ccc2c(c1)c(CNCC1CCN(c3ncc(C(=O)CO)cn3)CC1)c(C)n2C. The van der Waals surface area contributed by atoms with Crippen LogP contribution in [0.4, 0.5) is 5.95 Å². The first-order valence-electron chi connectivity index (χ1n) is 10.9. The maximum absolute atomic E-state index is 11.5. The highest BCUT2D eigenvalue weighted by atomic mass is 16.3. The van der Waals surface area contributed by atoms with Crippen molar-refractivity contribution in [1.29, 1.82) is 0 Å². The van der Waals surface area contributed by atoms with E-state index < -0.39 is 6.61 Å². The number of hydrogen-bond acceptors (Lipinski definition) is 6. The molecule has 0 unspecified atom stereocenters. The molecule has 1 aliphatic heterocycles. The van der Waals surface area contributed by atoms with E-state index >= 15 is 0 Å². The number of aliphatic hydroxyl groups excluding tert-OH is 1. The second kappa shape index (κ2) is 9.16. The molecule has 7 nitrogen and oxygen atoms in total. The average molecular weight is 422 g/mol. The summed E-state index contributed by atoms with van der Waals surface area (Å²) < 4.78 is 2.28. The second-order valence-corrected chi connectivity index (χ2v) is 8.56. The molecule has 1 saturated heterocycles. The number of Topliss-reactive ketones (excluding diaryl/α,β-unsaturated/α-hetero) is 1. The minimum atomic E-state index is -0.515. The van der Waals surface area contributed by atoms with Gasteiger partial charge in [-0.2, -0.15) is 0 Å². The number of aryl methyl sites for hydroxylation is 2. The first-order chi connectivity index (χ1) is 15.0. The zero-order valence-corrected chi connectivity index (χ0v) is 18.6. The molecule has 0 radical (unpaired) electrons. The fourth-order valence-corrected chi connectivity index (χ4v) is 4.44. The number of nitrogens with zero attached hydrogens (tertiary/aromatic N) is 4. The van der Waals surface area contributed by atoms with E-state index in [0.717, 1.165) is 39.0 Å². The monoisotopic (exact) mass is 421 g/mol. The number of benzene rings is 1. The maximum Gasteiger partial charge on any atom is 0.225 e. The number of aromatic nitrogens is 3. The summed E-state index contributed by atoms with van der Waals surface area (Å²) in [4.78, 5) is 22.3. The third-order valence-corrected chi connectivity index (χ3v) is 6.51. The fourth-order valence-electron chi connectivity index (χ4n) is 4.44. The van der Waals surface area contributed by atoms with Gasteiger partial charge in [0.15, 0.2) is 5.78 Å². The first-order valence-corrected chi connectivity index (χ1v) is 10.9. The van der Waals surface area contributed by atoms with Crippen molar-refractivity contribution in [3.05, 3.63) is 53.0 Å².